The first-order chi connectivity index (χ1) is 15.5. The fraction of sp³-hybridized carbons (Fsp3) is 0.174. The molecule has 0 unspecified atom stereocenters. The number of ether oxygens (including phenoxy) is 1. The number of hydrogen-bond donors (Lipinski definition) is 1. The van der Waals surface area contributed by atoms with E-state index in [1.807, 2.05) is 0 Å². The van der Waals surface area contributed by atoms with Gasteiger partial charge in [0.15, 0.2) is 0 Å². The molecule has 0 aromatic heterocycles. The Morgan fingerprint density at radius 1 is 1.00 bits per heavy atom. The number of carbonyl (C=O) groups is 1. The predicted octanol–water partition coefficient (Wildman–Crippen LogP) is 4.86. The van der Waals surface area contributed by atoms with Crippen molar-refractivity contribution < 1.29 is 31.1 Å². The molecule has 3 aromatic rings. The van der Waals surface area contributed by atoms with Crippen LogP contribution in [0.25, 0.3) is 0 Å². The lowest BCUT2D eigenvalue weighted by molar-refractivity contribution is -0.137. The maximum Gasteiger partial charge on any atom is 0.416 e. The summed E-state index contributed by atoms with van der Waals surface area (Å²) in [6, 6.07) is 16.0. The SMILES string of the molecule is COc1ccc(C)cc1NC(=O)CN(c1cccc(C(F)(F)F)c1)S(=O)(=O)c1ccccc1. The number of sulfonamides is 1. The summed E-state index contributed by atoms with van der Waals surface area (Å²) in [7, 11) is -2.94. The first-order valence-corrected chi connectivity index (χ1v) is 11.2. The lowest BCUT2D eigenvalue weighted by Crippen LogP contribution is -2.38. The average molecular weight is 478 g/mol. The molecule has 0 fully saturated rings. The molecule has 0 saturated heterocycles. The minimum atomic E-state index is -4.69. The van der Waals surface area contributed by atoms with Crippen molar-refractivity contribution in [2.24, 2.45) is 0 Å². The number of halogens is 3. The molecule has 3 rings (SSSR count). The summed E-state index contributed by atoms with van der Waals surface area (Å²) in [5, 5.41) is 2.58. The molecule has 0 radical (unpaired) electrons. The molecule has 0 aliphatic heterocycles. The third-order valence-electron chi connectivity index (χ3n) is 4.71. The van der Waals surface area contributed by atoms with Crippen molar-refractivity contribution in [1.82, 2.24) is 0 Å². The Morgan fingerprint density at radius 2 is 1.70 bits per heavy atom. The summed E-state index contributed by atoms with van der Waals surface area (Å²) in [4.78, 5) is 12.7. The molecular formula is C23H21F3N2O4S. The van der Waals surface area contributed by atoms with Gasteiger partial charge in [-0.1, -0.05) is 30.3 Å². The van der Waals surface area contributed by atoms with Gasteiger partial charge in [0, 0.05) is 0 Å². The molecule has 0 saturated carbocycles. The van der Waals surface area contributed by atoms with E-state index in [-0.39, 0.29) is 10.6 Å². The number of alkyl halides is 3. The number of anilines is 2. The number of carbonyl (C=O) groups excluding carboxylic acids is 1. The number of benzene rings is 3. The molecule has 0 atom stereocenters. The second-order valence-electron chi connectivity index (χ2n) is 7.12. The van der Waals surface area contributed by atoms with E-state index in [1.54, 1.807) is 31.2 Å². The zero-order valence-corrected chi connectivity index (χ0v) is 18.6. The molecule has 10 heteroatoms. The van der Waals surface area contributed by atoms with Crippen LogP contribution in [-0.2, 0) is 21.0 Å². The topological polar surface area (TPSA) is 75.7 Å². The molecule has 0 bridgehead atoms. The molecule has 0 aliphatic rings. The van der Waals surface area contributed by atoms with Gasteiger partial charge in [0.05, 0.1) is 28.9 Å². The summed E-state index contributed by atoms with van der Waals surface area (Å²) in [6.07, 6.45) is -4.69. The van der Waals surface area contributed by atoms with Gasteiger partial charge in [-0.05, 0) is 55.0 Å². The lowest BCUT2D eigenvalue weighted by atomic mass is 10.2. The number of nitrogens with one attached hydrogen (secondary N) is 1. The van der Waals surface area contributed by atoms with Crippen molar-refractivity contribution in [3.8, 4) is 5.75 Å². The Morgan fingerprint density at radius 3 is 2.33 bits per heavy atom. The quantitative estimate of drug-likeness (QED) is 0.527. The van der Waals surface area contributed by atoms with Crippen LogP contribution in [0.15, 0.2) is 77.7 Å². The monoisotopic (exact) mass is 478 g/mol. The van der Waals surface area contributed by atoms with Crippen LogP contribution in [0.5, 0.6) is 5.75 Å². The van der Waals surface area contributed by atoms with Gasteiger partial charge in [0.2, 0.25) is 5.91 Å². The van der Waals surface area contributed by atoms with Crippen LogP contribution >= 0.6 is 0 Å². The van der Waals surface area contributed by atoms with Crippen LogP contribution < -0.4 is 14.4 Å². The minimum Gasteiger partial charge on any atom is -0.495 e. The van der Waals surface area contributed by atoms with Gasteiger partial charge >= 0.3 is 6.18 Å². The van der Waals surface area contributed by atoms with E-state index in [0.717, 1.165) is 17.7 Å². The molecule has 174 valence electrons. The second-order valence-corrected chi connectivity index (χ2v) is 8.99. The van der Waals surface area contributed by atoms with Gasteiger partial charge in [-0.25, -0.2) is 8.42 Å². The van der Waals surface area contributed by atoms with E-state index < -0.39 is 34.2 Å². The highest BCUT2D eigenvalue weighted by Crippen LogP contribution is 2.33. The highest BCUT2D eigenvalue weighted by molar-refractivity contribution is 7.92. The molecular weight excluding hydrogens is 457 g/mol. The molecule has 0 spiro atoms. The first-order valence-electron chi connectivity index (χ1n) is 9.72. The molecule has 1 N–H and O–H groups in total. The van der Waals surface area contributed by atoms with E-state index >= 15 is 0 Å². The Kier molecular flexibility index (Phi) is 6.97. The van der Waals surface area contributed by atoms with E-state index in [9.17, 15) is 26.4 Å². The Bertz CT molecular complexity index is 1250. The van der Waals surface area contributed by atoms with Crippen molar-refractivity contribution in [3.05, 3.63) is 83.9 Å². The fourth-order valence-electron chi connectivity index (χ4n) is 3.11. The minimum absolute atomic E-state index is 0.164. The lowest BCUT2D eigenvalue weighted by Gasteiger charge is -2.25. The standard InChI is InChI=1S/C23H21F3N2O4S/c1-16-11-12-21(32-2)20(13-16)27-22(29)15-28(33(30,31)19-9-4-3-5-10-19)18-8-6-7-17(14-18)23(24,25)26/h3-14H,15H2,1-2H3,(H,27,29). The van der Waals surface area contributed by atoms with Gasteiger partial charge in [-0.15, -0.1) is 0 Å². The van der Waals surface area contributed by atoms with Gasteiger partial charge in [0.25, 0.3) is 10.0 Å². The summed E-state index contributed by atoms with van der Waals surface area (Å²) < 4.78 is 72.2. The number of nitrogens with zero attached hydrogens (tertiary/aromatic N) is 1. The smallest absolute Gasteiger partial charge is 0.416 e. The van der Waals surface area contributed by atoms with Gasteiger partial charge in [-0.3, -0.25) is 9.10 Å². The molecule has 0 heterocycles. The highest BCUT2D eigenvalue weighted by atomic mass is 32.2. The fourth-order valence-corrected chi connectivity index (χ4v) is 4.55. The van der Waals surface area contributed by atoms with Crippen molar-refractivity contribution in [2.45, 2.75) is 18.0 Å². The number of rotatable bonds is 7. The molecule has 1 amide bonds. The third kappa shape index (κ3) is 5.64. The van der Waals surface area contributed by atoms with E-state index in [4.69, 9.17) is 4.74 Å². The third-order valence-corrected chi connectivity index (χ3v) is 6.50. The Balaban J connectivity index is 2.02. The number of hydrogen-bond acceptors (Lipinski definition) is 4. The largest absolute Gasteiger partial charge is 0.495 e. The maximum atomic E-state index is 13.3. The Labute approximate surface area is 189 Å². The molecule has 0 aliphatic carbocycles. The van der Waals surface area contributed by atoms with Crippen LogP contribution in [0, 0.1) is 6.92 Å². The number of amides is 1. The zero-order valence-electron chi connectivity index (χ0n) is 17.8. The van der Waals surface area contributed by atoms with Crippen LogP contribution in [0.4, 0.5) is 24.5 Å². The van der Waals surface area contributed by atoms with Crippen molar-refractivity contribution >= 4 is 27.3 Å². The summed E-state index contributed by atoms with van der Waals surface area (Å²) in [5.74, 6) is -0.402. The number of methoxy groups -OCH3 is 1. The summed E-state index contributed by atoms with van der Waals surface area (Å²) >= 11 is 0. The van der Waals surface area contributed by atoms with E-state index in [2.05, 4.69) is 5.32 Å². The average Bonchev–Trinajstić information content (AvgIpc) is 2.77. The van der Waals surface area contributed by atoms with Gasteiger partial charge < -0.3 is 10.1 Å². The van der Waals surface area contributed by atoms with Crippen LogP contribution in [-0.4, -0.2) is 28.0 Å². The van der Waals surface area contributed by atoms with E-state index in [1.165, 1.54) is 37.4 Å². The predicted molar refractivity (Wildman–Crippen MR) is 119 cm³/mol. The van der Waals surface area contributed by atoms with Crippen LogP contribution in [0.2, 0.25) is 0 Å². The van der Waals surface area contributed by atoms with Crippen molar-refractivity contribution in [3.63, 3.8) is 0 Å². The normalized spacial score (nSPS) is 11.7. The summed E-state index contributed by atoms with van der Waals surface area (Å²) in [6.45, 7) is 1.04. The van der Waals surface area contributed by atoms with Gasteiger partial charge in [-0.2, -0.15) is 13.2 Å². The molecule has 3 aromatic carbocycles. The highest BCUT2D eigenvalue weighted by Gasteiger charge is 2.33. The summed E-state index contributed by atoms with van der Waals surface area (Å²) in [5.41, 5.74) is -0.199. The van der Waals surface area contributed by atoms with Crippen LogP contribution in [0.3, 0.4) is 0 Å². The van der Waals surface area contributed by atoms with Crippen LogP contribution in [0.1, 0.15) is 11.1 Å². The van der Waals surface area contributed by atoms with Crippen molar-refractivity contribution in [1.29, 1.82) is 0 Å². The Hall–Kier alpha value is -3.53. The number of aryl methyl sites for hydroxylation is 1. The first kappa shape index (κ1) is 24.1. The second kappa shape index (κ2) is 9.53. The molecule has 6 nitrogen and oxygen atoms in total. The van der Waals surface area contributed by atoms with E-state index in [0.29, 0.717) is 21.8 Å². The van der Waals surface area contributed by atoms with Gasteiger partial charge in [0.1, 0.15) is 12.3 Å². The molecule has 33 heavy (non-hydrogen) atoms. The maximum absolute atomic E-state index is 13.3. The zero-order chi connectivity index (χ0) is 24.2. The van der Waals surface area contributed by atoms with Crippen molar-refractivity contribution in [2.75, 3.05) is 23.3 Å².